The molecule has 0 heterocycles. The second-order valence-electron chi connectivity index (χ2n) is 3.96. The van der Waals surface area contributed by atoms with Gasteiger partial charge in [-0.3, -0.25) is 4.79 Å². The molecule has 4 nitrogen and oxygen atoms in total. The molecule has 1 rings (SSSR count). The molecule has 0 saturated heterocycles. The lowest BCUT2D eigenvalue weighted by atomic mass is 9.93. The molecule has 82 valence electrons. The maximum absolute atomic E-state index is 10.2. The summed E-state index contributed by atoms with van der Waals surface area (Å²) in [5.41, 5.74) is 0. The molecule has 0 spiro atoms. The first-order chi connectivity index (χ1) is 6.68. The van der Waals surface area contributed by atoms with E-state index in [0.717, 1.165) is 32.2 Å². The van der Waals surface area contributed by atoms with Gasteiger partial charge in [-0.1, -0.05) is 0 Å². The Balaban J connectivity index is 1.99. The number of aliphatic hydroxyl groups is 1. The molecule has 0 aromatic rings. The summed E-state index contributed by atoms with van der Waals surface area (Å²) in [4.78, 5) is 10.2. The number of nitrogens with one attached hydrogen (secondary N) is 1. The van der Waals surface area contributed by atoms with Gasteiger partial charge < -0.3 is 15.5 Å². The van der Waals surface area contributed by atoms with E-state index < -0.39 is 5.97 Å². The molecule has 1 aliphatic rings. The predicted molar refractivity (Wildman–Crippen MR) is 53.1 cm³/mol. The predicted octanol–water partition coefficient (Wildman–Crippen LogP) is 0.744. The van der Waals surface area contributed by atoms with Gasteiger partial charge in [0.15, 0.2) is 0 Å². The molecule has 0 atom stereocenters. The van der Waals surface area contributed by atoms with Gasteiger partial charge in [-0.25, -0.2) is 0 Å². The van der Waals surface area contributed by atoms with Gasteiger partial charge in [0.05, 0.1) is 6.10 Å². The Labute approximate surface area is 84.3 Å². The number of carboxylic acid groups (broad SMARTS) is 1. The van der Waals surface area contributed by atoms with Gasteiger partial charge in [-0.2, -0.15) is 0 Å². The average molecular weight is 201 g/mol. The summed E-state index contributed by atoms with van der Waals surface area (Å²) in [6.45, 7) is 0.771. The first-order valence-electron chi connectivity index (χ1n) is 5.31. The molecule has 0 bridgehead atoms. The fraction of sp³-hybridized carbons (Fsp3) is 0.900. The number of hydrogen-bond donors (Lipinski definition) is 3. The maximum atomic E-state index is 10.2. The SMILES string of the molecule is O=C(O)CCCNC1CCC(O)CC1. The Bertz CT molecular complexity index is 176. The second kappa shape index (κ2) is 5.98. The lowest BCUT2D eigenvalue weighted by Gasteiger charge is -2.26. The number of rotatable bonds is 5. The summed E-state index contributed by atoms with van der Waals surface area (Å²) >= 11 is 0. The third kappa shape index (κ3) is 4.58. The molecular formula is C10H19NO3. The summed E-state index contributed by atoms with van der Waals surface area (Å²) in [6, 6.07) is 0.479. The summed E-state index contributed by atoms with van der Waals surface area (Å²) in [5.74, 6) is -0.731. The van der Waals surface area contributed by atoms with Crippen molar-refractivity contribution in [2.24, 2.45) is 0 Å². The lowest BCUT2D eigenvalue weighted by molar-refractivity contribution is -0.137. The zero-order valence-corrected chi connectivity index (χ0v) is 8.41. The monoisotopic (exact) mass is 201 g/mol. The molecule has 4 heteroatoms. The van der Waals surface area contributed by atoms with Crippen molar-refractivity contribution < 1.29 is 15.0 Å². The molecule has 3 N–H and O–H groups in total. The van der Waals surface area contributed by atoms with Crippen LogP contribution in [0.15, 0.2) is 0 Å². The first-order valence-corrected chi connectivity index (χ1v) is 5.31. The average Bonchev–Trinajstić information content (AvgIpc) is 2.15. The van der Waals surface area contributed by atoms with Gasteiger partial charge in [0.1, 0.15) is 0 Å². The minimum absolute atomic E-state index is 0.118. The topological polar surface area (TPSA) is 69.6 Å². The van der Waals surface area contributed by atoms with E-state index >= 15 is 0 Å². The van der Waals surface area contributed by atoms with E-state index in [1.165, 1.54) is 0 Å². The normalized spacial score (nSPS) is 27.5. The standard InChI is InChI=1S/C10H19NO3/c12-9-5-3-8(4-6-9)11-7-1-2-10(13)14/h8-9,11-12H,1-7H2,(H,13,14). The zero-order chi connectivity index (χ0) is 10.4. The minimum Gasteiger partial charge on any atom is -0.481 e. The van der Waals surface area contributed by atoms with Crippen molar-refractivity contribution in [1.82, 2.24) is 5.32 Å². The number of carbonyl (C=O) groups is 1. The summed E-state index contributed by atoms with van der Waals surface area (Å²) in [6.07, 6.45) is 4.57. The van der Waals surface area contributed by atoms with Crippen LogP contribution in [0.3, 0.4) is 0 Å². The molecular weight excluding hydrogens is 182 g/mol. The molecule has 0 aromatic carbocycles. The van der Waals surface area contributed by atoms with E-state index in [1.54, 1.807) is 0 Å². The van der Waals surface area contributed by atoms with Gasteiger partial charge in [-0.05, 0) is 38.6 Å². The molecule has 0 aliphatic heterocycles. The highest BCUT2D eigenvalue weighted by Gasteiger charge is 2.18. The molecule has 1 aliphatic carbocycles. The van der Waals surface area contributed by atoms with Crippen molar-refractivity contribution in [2.75, 3.05) is 6.54 Å². The zero-order valence-electron chi connectivity index (χ0n) is 8.41. The van der Waals surface area contributed by atoms with Crippen molar-refractivity contribution in [1.29, 1.82) is 0 Å². The second-order valence-corrected chi connectivity index (χ2v) is 3.96. The number of aliphatic hydroxyl groups excluding tert-OH is 1. The third-order valence-electron chi connectivity index (χ3n) is 2.70. The highest BCUT2D eigenvalue weighted by Crippen LogP contribution is 2.18. The third-order valence-corrected chi connectivity index (χ3v) is 2.70. The van der Waals surface area contributed by atoms with E-state index in [1.807, 2.05) is 0 Å². The molecule has 0 radical (unpaired) electrons. The summed E-state index contributed by atoms with van der Waals surface area (Å²) in [5, 5.41) is 21.0. The number of carboxylic acids is 1. The highest BCUT2D eigenvalue weighted by atomic mass is 16.4. The van der Waals surface area contributed by atoms with Crippen LogP contribution in [0.4, 0.5) is 0 Å². The van der Waals surface area contributed by atoms with Crippen LogP contribution in [0.2, 0.25) is 0 Å². The number of hydrogen-bond acceptors (Lipinski definition) is 3. The maximum Gasteiger partial charge on any atom is 0.303 e. The van der Waals surface area contributed by atoms with E-state index in [-0.39, 0.29) is 12.5 Å². The molecule has 0 amide bonds. The van der Waals surface area contributed by atoms with Crippen LogP contribution < -0.4 is 5.32 Å². The molecule has 0 unspecified atom stereocenters. The van der Waals surface area contributed by atoms with Gasteiger partial charge >= 0.3 is 5.97 Å². The Kier molecular flexibility index (Phi) is 4.90. The summed E-state index contributed by atoms with van der Waals surface area (Å²) in [7, 11) is 0. The quantitative estimate of drug-likeness (QED) is 0.574. The smallest absolute Gasteiger partial charge is 0.303 e. The Morgan fingerprint density at radius 2 is 1.93 bits per heavy atom. The minimum atomic E-state index is -0.731. The fourth-order valence-electron chi connectivity index (χ4n) is 1.83. The Morgan fingerprint density at radius 3 is 2.50 bits per heavy atom. The van der Waals surface area contributed by atoms with Crippen molar-refractivity contribution in [3.05, 3.63) is 0 Å². The van der Waals surface area contributed by atoms with Gasteiger partial charge in [0.2, 0.25) is 0 Å². The van der Waals surface area contributed by atoms with E-state index in [0.29, 0.717) is 12.5 Å². The van der Waals surface area contributed by atoms with Crippen molar-refractivity contribution in [3.8, 4) is 0 Å². The van der Waals surface area contributed by atoms with E-state index in [9.17, 15) is 9.90 Å². The first kappa shape index (κ1) is 11.5. The van der Waals surface area contributed by atoms with Crippen LogP contribution in [0.25, 0.3) is 0 Å². The largest absolute Gasteiger partial charge is 0.481 e. The molecule has 1 saturated carbocycles. The number of aliphatic carboxylic acids is 1. The fourth-order valence-corrected chi connectivity index (χ4v) is 1.83. The van der Waals surface area contributed by atoms with Crippen molar-refractivity contribution in [2.45, 2.75) is 50.7 Å². The van der Waals surface area contributed by atoms with Crippen LogP contribution in [0, 0.1) is 0 Å². The van der Waals surface area contributed by atoms with E-state index in [2.05, 4.69) is 5.32 Å². The van der Waals surface area contributed by atoms with Crippen LogP contribution in [-0.2, 0) is 4.79 Å². The van der Waals surface area contributed by atoms with Crippen LogP contribution >= 0.6 is 0 Å². The van der Waals surface area contributed by atoms with Crippen LogP contribution in [-0.4, -0.2) is 34.9 Å². The van der Waals surface area contributed by atoms with Gasteiger partial charge in [0, 0.05) is 12.5 Å². The summed E-state index contributed by atoms with van der Waals surface area (Å²) < 4.78 is 0. The van der Waals surface area contributed by atoms with Crippen molar-refractivity contribution in [3.63, 3.8) is 0 Å². The molecule has 14 heavy (non-hydrogen) atoms. The van der Waals surface area contributed by atoms with Crippen LogP contribution in [0.5, 0.6) is 0 Å². The molecule has 0 aromatic heterocycles. The van der Waals surface area contributed by atoms with E-state index in [4.69, 9.17) is 5.11 Å². The van der Waals surface area contributed by atoms with Crippen molar-refractivity contribution >= 4 is 5.97 Å². The lowest BCUT2D eigenvalue weighted by Crippen LogP contribution is -2.35. The van der Waals surface area contributed by atoms with Gasteiger partial charge in [-0.15, -0.1) is 0 Å². The molecule has 1 fully saturated rings. The van der Waals surface area contributed by atoms with Gasteiger partial charge in [0.25, 0.3) is 0 Å². The highest BCUT2D eigenvalue weighted by molar-refractivity contribution is 5.66. The Morgan fingerprint density at radius 1 is 1.29 bits per heavy atom. The Hall–Kier alpha value is -0.610. The van der Waals surface area contributed by atoms with Crippen LogP contribution in [0.1, 0.15) is 38.5 Å².